The molecule has 13 nitrogen and oxygen atoms in total. The van der Waals surface area contributed by atoms with Crippen molar-refractivity contribution < 1.29 is 19.4 Å². The molecule has 3 aromatic rings. The third-order valence-corrected chi connectivity index (χ3v) is 14.2. The maximum atomic E-state index is 13.6. The highest BCUT2D eigenvalue weighted by Gasteiger charge is 2.75. The molecule has 0 radical (unpaired) electrons. The Kier molecular flexibility index (Phi) is 8.85. The van der Waals surface area contributed by atoms with E-state index in [1.54, 1.807) is 12.5 Å². The van der Waals surface area contributed by atoms with Crippen molar-refractivity contribution in [2.24, 2.45) is 51.5 Å². The number of carbonyl (C=O) groups is 2. The summed E-state index contributed by atoms with van der Waals surface area (Å²) in [6, 6.07) is 7.88. The first-order valence-electron chi connectivity index (χ1n) is 19.3. The Morgan fingerprint density at radius 2 is 1.83 bits per heavy atom. The molecule has 5 N–H and O–H groups in total. The number of ether oxygens (including phenoxy) is 1. The van der Waals surface area contributed by atoms with Crippen molar-refractivity contribution in [2.45, 2.75) is 78.6 Å². The lowest BCUT2D eigenvalue weighted by Crippen LogP contribution is -2.69. The first-order chi connectivity index (χ1) is 25.2. The number of hydrogen-bond donors (Lipinski definition) is 3. The largest absolute Gasteiger partial charge is 0.460 e. The van der Waals surface area contributed by atoms with Crippen molar-refractivity contribution in [1.29, 1.82) is 0 Å². The number of hydrogen-bond acceptors (Lipinski definition) is 12. The molecule has 8 atom stereocenters. The van der Waals surface area contributed by atoms with Crippen LogP contribution in [0, 0.1) is 39.9 Å². The lowest BCUT2D eigenvalue weighted by molar-refractivity contribution is -0.255. The highest BCUT2D eigenvalue weighted by Crippen LogP contribution is 2.74. The Morgan fingerprint density at radius 3 is 2.57 bits per heavy atom. The molecular weight excluding hydrogens is 670 g/mol. The van der Waals surface area contributed by atoms with Crippen LogP contribution in [0.2, 0.25) is 0 Å². The van der Waals surface area contributed by atoms with E-state index in [0.717, 1.165) is 80.0 Å². The molecule has 6 fully saturated rings. The summed E-state index contributed by atoms with van der Waals surface area (Å²) in [7, 11) is 2.13. The van der Waals surface area contributed by atoms with Crippen molar-refractivity contribution in [3.05, 3.63) is 54.2 Å². The van der Waals surface area contributed by atoms with E-state index in [4.69, 9.17) is 16.3 Å². The van der Waals surface area contributed by atoms with E-state index in [2.05, 4.69) is 59.5 Å². The van der Waals surface area contributed by atoms with Gasteiger partial charge in [-0.1, -0.05) is 52.0 Å². The molecule has 5 saturated carbocycles. The zero-order chi connectivity index (χ0) is 37.4. The molecule has 0 amide bonds. The molecule has 2 aromatic heterocycles. The van der Waals surface area contributed by atoms with E-state index >= 15 is 0 Å². The molecule has 3 unspecified atom stereocenters. The average Bonchev–Trinajstić information content (AvgIpc) is 3.71. The third-order valence-electron chi connectivity index (χ3n) is 14.2. The number of esters is 1. The monoisotopic (exact) mass is 725 g/mol. The minimum atomic E-state index is -0.531. The molecule has 9 rings (SSSR count). The maximum absolute atomic E-state index is 13.6. The van der Waals surface area contributed by atoms with Crippen LogP contribution in [0.25, 0.3) is 16.9 Å². The van der Waals surface area contributed by atoms with Crippen LogP contribution in [0.15, 0.2) is 43.1 Å². The molecule has 53 heavy (non-hydrogen) atoms. The van der Waals surface area contributed by atoms with Gasteiger partial charge in [0.05, 0.1) is 24.7 Å². The van der Waals surface area contributed by atoms with Crippen LogP contribution < -0.4 is 16.5 Å². The van der Waals surface area contributed by atoms with Gasteiger partial charge in [0.15, 0.2) is 17.0 Å². The summed E-state index contributed by atoms with van der Waals surface area (Å²) in [5, 5.41) is 12.9. The Morgan fingerprint density at radius 1 is 1.09 bits per heavy atom. The fraction of sp³-hybridized carbons (Fsp3) is 0.625. The van der Waals surface area contributed by atoms with Gasteiger partial charge in [0, 0.05) is 56.1 Å². The number of Topliss-reactive ketones (excluding diaryl/α,β-unsaturated/α-hetero) is 1. The van der Waals surface area contributed by atoms with Gasteiger partial charge >= 0.3 is 5.97 Å². The fourth-order valence-electron chi connectivity index (χ4n) is 11.5. The molecule has 13 heteroatoms. The van der Waals surface area contributed by atoms with E-state index in [1.165, 1.54) is 5.01 Å². The zero-order valence-electron chi connectivity index (χ0n) is 31.7. The number of carbonyl (C=O) groups excluding carboxylic acids is 2. The van der Waals surface area contributed by atoms with Crippen LogP contribution in [0.3, 0.4) is 0 Å². The molecule has 3 heterocycles. The Balaban J connectivity index is 0.930. The van der Waals surface area contributed by atoms with Crippen LogP contribution in [-0.4, -0.2) is 98.3 Å². The molecule has 4 bridgehead atoms. The van der Waals surface area contributed by atoms with Crippen LogP contribution >= 0.6 is 0 Å². The second kappa shape index (κ2) is 13.1. The standard InChI is InChI=1S/C40H55N9O4/c1-24-34(52)38(2,3)18-27-28-10-12-40(24)13-11-30(50)33(40)39(28,4)35(27)53-31(51)21-49(42)20-29(41)26-8-6-25(7-9-26)19-48-23-45-32-36(43-22-44-37(32)48)47-16-14-46(5)15-17-47/h6-9,20,22-24,27-28,33-35,52H,10-19,21,41-42H2,1-5H3/b29-20-/t24-,27?,28?,33?,34-,35+,39+,40-/m0/s1. The predicted molar refractivity (Wildman–Crippen MR) is 202 cm³/mol. The van der Waals surface area contributed by atoms with Gasteiger partial charge in [0.1, 0.15) is 24.8 Å². The van der Waals surface area contributed by atoms with Gasteiger partial charge in [-0.25, -0.2) is 20.8 Å². The van der Waals surface area contributed by atoms with Crippen molar-refractivity contribution in [3.8, 4) is 0 Å². The van der Waals surface area contributed by atoms with Crippen molar-refractivity contribution >= 4 is 34.4 Å². The molecule has 1 saturated heterocycles. The third kappa shape index (κ3) is 5.81. The normalized spacial score (nSPS) is 33.9. The number of nitrogens with zero attached hydrogens (tertiary/aromatic N) is 7. The predicted octanol–water partition coefficient (Wildman–Crippen LogP) is 3.41. The Bertz CT molecular complexity index is 1920. The van der Waals surface area contributed by atoms with Crippen LogP contribution in [0.5, 0.6) is 0 Å². The van der Waals surface area contributed by atoms with E-state index in [9.17, 15) is 14.7 Å². The van der Waals surface area contributed by atoms with E-state index in [0.29, 0.717) is 18.7 Å². The van der Waals surface area contributed by atoms with Gasteiger partial charge in [-0.2, -0.15) is 0 Å². The van der Waals surface area contributed by atoms with E-state index in [1.807, 2.05) is 35.2 Å². The number of piperazine rings is 1. The molecule has 1 spiro atoms. The number of ketones is 1. The zero-order valence-corrected chi connectivity index (χ0v) is 31.7. The maximum Gasteiger partial charge on any atom is 0.327 e. The number of benzene rings is 1. The smallest absolute Gasteiger partial charge is 0.327 e. The van der Waals surface area contributed by atoms with E-state index in [-0.39, 0.29) is 46.8 Å². The molecule has 5 aliphatic carbocycles. The van der Waals surface area contributed by atoms with Gasteiger partial charge in [-0.05, 0) is 66.5 Å². The number of hydrazine groups is 1. The first-order valence-corrected chi connectivity index (χ1v) is 19.3. The number of aliphatic hydroxyl groups excluding tert-OH is 1. The summed E-state index contributed by atoms with van der Waals surface area (Å²) in [5.41, 5.74) is 9.24. The number of nitrogens with two attached hydrogens (primary N) is 2. The number of fused-ring (bicyclic) bond motifs is 5. The summed E-state index contributed by atoms with van der Waals surface area (Å²) >= 11 is 0. The summed E-state index contributed by atoms with van der Waals surface area (Å²) in [6.07, 6.45) is 8.07. The first kappa shape index (κ1) is 35.9. The SMILES string of the molecule is C[C@H]1[C@H](O)C(C)(C)CC2C3CC[C@]14CCC(=O)C4[C@]3(C)[C@@H]2OC(=O)CN(N)/C=C(\N)c1ccc(Cn2cnc3c(N4CCN(C)CC4)ncnc32)cc1. The number of anilines is 1. The van der Waals surface area contributed by atoms with Crippen LogP contribution in [0.1, 0.15) is 70.9 Å². The fourth-order valence-corrected chi connectivity index (χ4v) is 11.5. The quantitative estimate of drug-likeness (QED) is 0.176. The van der Waals surface area contributed by atoms with Crippen molar-refractivity contribution in [1.82, 2.24) is 29.4 Å². The number of rotatable bonds is 8. The highest BCUT2D eigenvalue weighted by atomic mass is 16.5. The minimum absolute atomic E-state index is 0.00933. The second-order valence-corrected chi connectivity index (χ2v) is 17.6. The van der Waals surface area contributed by atoms with Crippen LogP contribution in [0.4, 0.5) is 5.82 Å². The van der Waals surface area contributed by atoms with E-state index < -0.39 is 23.6 Å². The van der Waals surface area contributed by atoms with Gasteiger partial charge < -0.3 is 35.0 Å². The molecule has 284 valence electrons. The lowest BCUT2D eigenvalue weighted by atomic mass is 9.38. The van der Waals surface area contributed by atoms with Crippen LogP contribution in [-0.2, 0) is 20.9 Å². The lowest BCUT2D eigenvalue weighted by Gasteiger charge is -2.67. The summed E-state index contributed by atoms with van der Waals surface area (Å²) in [4.78, 5) is 45.6. The Hall–Kier alpha value is -4.07. The number of aliphatic hydroxyl groups is 1. The minimum Gasteiger partial charge on any atom is -0.460 e. The molecule has 1 aromatic carbocycles. The average molecular weight is 726 g/mol. The second-order valence-electron chi connectivity index (χ2n) is 17.6. The topological polar surface area (TPSA) is 169 Å². The number of aromatic nitrogens is 4. The van der Waals surface area contributed by atoms with Gasteiger partial charge in [0.25, 0.3) is 0 Å². The van der Waals surface area contributed by atoms with Gasteiger partial charge in [-0.3, -0.25) is 9.59 Å². The highest BCUT2D eigenvalue weighted by molar-refractivity contribution is 5.86. The Labute approximate surface area is 311 Å². The van der Waals surface area contributed by atoms with Crippen molar-refractivity contribution in [3.63, 3.8) is 0 Å². The molecular formula is C40H55N9O4. The summed E-state index contributed by atoms with van der Waals surface area (Å²) < 4.78 is 8.36. The van der Waals surface area contributed by atoms with Crippen molar-refractivity contribution in [2.75, 3.05) is 44.7 Å². The molecule has 1 aliphatic heterocycles. The summed E-state index contributed by atoms with van der Waals surface area (Å²) in [6.45, 7) is 12.7. The number of likely N-dealkylation sites (N-methyl/N-ethyl adjacent to an activating group) is 1. The summed E-state index contributed by atoms with van der Waals surface area (Å²) in [5.74, 6) is 7.17. The number of imidazole rings is 1. The molecule has 6 aliphatic rings. The van der Waals surface area contributed by atoms with Gasteiger partial charge in [0.2, 0.25) is 0 Å². The van der Waals surface area contributed by atoms with Gasteiger partial charge in [-0.15, -0.1) is 0 Å².